The molecule has 0 bridgehead atoms. The van der Waals surface area contributed by atoms with Crippen LogP contribution >= 0.6 is 12.2 Å². The number of aliphatic hydroxyl groups excluding tert-OH is 1. The van der Waals surface area contributed by atoms with Crippen LogP contribution < -0.4 is 0 Å². The highest BCUT2D eigenvalue weighted by Gasteiger charge is 1.62. The quantitative estimate of drug-likeness (QED) is 0.333. The molecule has 0 fully saturated rings. The van der Waals surface area contributed by atoms with Crippen LogP contribution in [0.15, 0.2) is 17.3 Å². The number of thiocarbonyl (C=S) groups is 1. The number of aliphatic imine (C=N–C) groups is 1. The lowest BCUT2D eigenvalue weighted by Crippen LogP contribution is -1.65. The Bertz CT molecular complexity index is 104. The molecule has 0 amide bonds. The van der Waals surface area contributed by atoms with Crippen molar-refractivity contribution in [2.75, 3.05) is 6.54 Å². The first-order chi connectivity index (χ1) is 3.41. The summed E-state index contributed by atoms with van der Waals surface area (Å²) in [6.07, 6.45) is 2.40. The Balaban J connectivity index is 3.15. The number of nitrogens with zero attached hydrogens (tertiary/aromatic N) is 1. The van der Waals surface area contributed by atoms with E-state index < -0.39 is 0 Å². The number of hydrogen-bond acceptors (Lipinski definition) is 3. The minimum Gasteiger partial charge on any atom is -0.516 e. The highest BCUT2D eigenvalue weighted by Crippen LogP contribution is 1.67. The maximum Gasteiger partial charge on any atom is 0.0770 e. The Morgan fingerprint density at radius 3 is 3.00 bits per heavy atom. The topological polar surface area (TPSA) is 32.6 Å². The van der Waals surface area contributed by atoms with Crippen molar-refractivity contribution < 1.29 is 5.11 Å². The minimum atomic E-state index is 0.417. The van der Waals surface area contributed by atoms with Gasteiger partial charge in [0.1, 0.15) is 0 Å². The lowest BCUT2D eigenvalue weighted by molar-refractivity contribution is 0.472. The molecule has 0 saturated carbocycles. The fraction of sp³-hybridized carbons (Fsp3) is 0.250. The molecule has 0 aromatic heterocycles. The average Bonchev–Trinajstić information content (AvgIpc) is 1.69. The predicted molar refractivity (Wildman–Crippen MR) is 31.7 cm³/mol. The van der Waals surface area contributed by atoms with Gasteiger partial charge in [0.05, 0.1) is 18.0 Å². The summed E-state index contributed by atoms with van der Waals surface area (Å²) in [5, 5.41) is 10.1. The molecule has 0 spiro atoms. The van der Waals surface area contributed by atoms with E-state index in [0.717, 1.165) is 6.26 Å². The Morgan fingerprint density at radius 2 is 2.57 bits per heavy atom. The molecule has 0 saturated heterocycles. The molecule has 0 aliphatic carbocycles. The van der Waals surface area contributed by atoms with Crippen LogP contribution in [-0.4, -0.2) is 16.8 Å². The molecule has 0 aromatic rings. The van der Waals surface area contributed by atoms with E-state index in [9.17, 15) is 0 Å². The van der Waals surface area contributed by atoms with Crippen LogP contribution in [0.3, 0.4) is 0 Å². The predicted octanol–water partition coefficient (Wildman–Crippen LogP) is 1.16. The van der Waals surface area contributed by atoms with Gasteiger partial charge in [-0.3, -0.25) is 0 Å². The van der Waals surface area contributed by atoms with Crippen molar-refractivity contribution in [2.24, 2.45) is 4.99 Å². The molecule has 7 heavy (non-hydrogen) atoms. The average molecular weight is 115 g/mol. The molecule has 0 rings (SSSR count). The molecule has 0 unspecified atom stereocenters. The molecular formula is C4H5NOS. The SMILES string of the molecule is OC=CCN=C=S. The summed E-state index contributed by atoms with van der Waals surface area (Å²) in [6, 6.07) is 0. The first-order valence-electron chi connectivity index (χ1n) is 1.74. The van der Waals surface area contributed by atoms with E-state index in [1.807, 2.05) is 0 Å². The van der Waals surface area contributed by atoms with Crippen molar-refractivity contribution in [2.45, 2.75) is 0 Å². The van der Waals surface area contributed by atoms with E-state index in [1.165, 1.54) is 6.08 Å². The third-order valence-corrected chi connectivity index (χ3v) is 0.496. The fourth-order valence-corrected chi connectivity index (χ4v) is 0.212. The van der Waals surface area contributed by atoms with Gasteiger partial charge >= 0.3 is 0 Å². The normalized spacial score (nSPS) is 8.57. The van der Waals surface area contributed by atoms with Gasteiger partial charge in [-0.1, -0.05) is 0 Å². The first-order valence-corrected chi connectivity index (χ1v) is 2.15. The number of aliphatic hydroxyl groups is 1. The first kappa shape index (κ1) is 6.34. The van der Waals surface area contributed by atoms with E-state index in [1.54, 1.807) is 0 Å². The number of hydrogen-bond donors (Lipinski definition) is 1. The Kier molecular flexibility index (Phi) is 4.84. The summed E-state index contributed by atoms with van der Waals surface area (Å²) in [6.45, 7) is 0.417. The summed E-state index contributed by atoms with van der Waals surface area (Å²) < 4.78 is 0. The lowest BCUT2D eigenvalue weighted by atomic mass is 10.6. The van der Waals surface area contributed by atoms with E-state index >= 15 is 0 Å². The van der Waals surface area contributed by atoms with E-state index in [4.69, 9.17) is 5.11 Å². The number of rotatable bonds is 2. The largest absolute Gasteiger partial charge is 0.516 e. The van der Waals surface area contributed by atoms with Crippen molar-refractivity contribution in [1.29, 1.82) is 0 Å². The lowest BCUT2D eigenvalue weighted by Gasteiger charge is -1.70. The zero-order valence-electron chi connectivity index (χ0n) is 3.66. The summed E-state index contributed by atoms with van der Waals surface area (Å²) in [7, 11) is 0. The highest BCUT2D eigenvalue weighted by atomic mass is 32.1. The Morgan fingerprint density at radius 1 is 1.86 bits per heavy atom. The van der Waals surface area contributed by atoms with E-state index in [0.29, 0.717) is 6.54 Å². The van der Waals surface area contributed by atoms with Crippen LogP contribution in [0.2, 0.25) is 0 Å². The molecule has 0 aliphatic heterocycles. The summed E-state index contributed by atoms with van der Waals surface area (Å²) in [4.78, 5) is 3.48. The Hall–Kier alpha value is -0.660. The second-order valence-corrected chi connectivity index (χ2v) is 0.999. The smallest absolute Gasteiger partial charge is 0.0770 e. The van der Waals surface area contributed by atoms with Crippen LogP contribution in [-0.2, 0) is 0 Å². The van der Waals surface area contributed by atoms with Crippen LogP contribution in [0.5, 0.6) is 0 Å². The van der Waals surface area contributed by atoms with Gasteiger partial charge in [-0.25, -0.2) is 4.99 Å². The Labute approximate surface area is 47.2 Å². The number of isothiocyanates is 1. The molecule has 0 aliphatic rings. The maximum atomic E-state index is 7.99. The van der Waals surface area contributed by atoms with Crippen LogP contribution in [0.25, 0.3) is 0 Å². The van der Waals surface area contributed by atoms with Gasteiger partial charge in [0.15, 0.2) is 0 Å². The van der Waals surface area contributed by atoms with Gasteiger partial charge in [-0.15, -0.1) is 0 Å². The zero-order chi connectivity index (χ0) is 5.54. The summed E-state index contributed by atoms with van der Waals surface area (Å²) in [5.74, 6) is 0. The molecule has 0 atom stereocenters. The van der Waals surface area contributed by atoms with Crippen molar-refractivity contribution in [1.82, 2.24) is 0 Å². The van der Waals surface area contributed by atoms with Crippen molar-refractivity contribution >= 4 is 17.4 Å². The van der Waals surface area contributed by atoms with Gasteiger partial charge in [0.2, 0.25) is 0 Å². The van der Waals surface area contributed by atoms with Gasteiger partial charge in [0.25, 0.3) is 0 Å². The second-order valence-electron chi connectivity index (χ2n) is 0.817. The monoisotopic (exact) mass is 115 g/mol. The molecule has 2 nitrogen and oxygen atoms in total. The van der Waals surface area contributed by atoms with Crippen molar-refractivity contribution in [3.05, 3.63) is 12.3 Å². The maximum absolute atomic E-state index is 7.99. The van der Waals surface area contributed by atoms with Gasteiger partial charge in [-0.05, 0) is 18.3 Å². The molecular weight excluding hydrogens is 110 g/mol. The van der Waals surface area contributed by atoms with Crippen LogP contribution in [0.1, 0.15) is 0 Å². The molecule has 0 radical (unpaired) electrons. The molecule has 1 N–H and O–H groups in total. The third-order valence-electron chi connectivity index (χ3n) is 0.367. The van der Waals surface area contributed by atoms with Gasteiger partial charge in [0, 0.05) is 0 Å². The molecule has 3 heteroatoms. The van der Waals surface area contributed by atoms with Crippen molar-refractivity contribution in [3.63, 3.8) is 0 Å². The standard InChI is InChI=1S/C4H5NOS/c6-3-1-2-5-4-7/h1,3,6H,2H2. The fourth-order valence-electron chi connectivity index (χ4n) is 0.137. The minimum absolute atomic E-state index is 0.417. The molecule has 0 aromatic carbocycles. The van der Waals surface area contributed by atoms with Crippen LogP contribution in [0, 0.1) is 0 Å². The van der Waals surface area contributed by atoms with E-state index in [2.05, 4.69) is 22.4 Å². The molecule has 0 heterocycles. The van der Waals surface area contributed by atoms with Gasteiger partial charge < -0.3 is 5.11 Å². The highest BCUT2D eigenvalue weighted by molar-refractivity contribution is 7.78. The second kappa shape index (κ2) is 5.34. The molecule has 38 valence electrons. The summed E-state index contributed by atoms with van der Waals surface area (Å²) >= 11 is 4.23. The zero-order valence-corrected chi connectivity index (χ0v) is 4.48. The van der Waals surface area contributed by atoms with Crippen LogP contribution in [0.4, 0.5) is 0 Å². The van der Waals surface area contributed by atoms with E-state index in [-0.39, 0.29) is 0 Å². The van der Waals surface area contributed by atoms with Gasteiger partial charge in [-0.2, -0.15) is 0 Å². The summed E-state index contributed by atoms with van der Waals surface area (Å²) in [5.41, 5.74) is 0. The van der Waals surface area contributed by atoms with Crippen molar-refractivity contribution in [3.8, 4) is 0 Å². The third kappa shape index (κ3) is 5.34.